The van der Waals surface area contributed by atoms with Crippen LogP contribution in [-0.4, -0.2) is 49.7 Å². The van der Waals surface area contributed by atoms with Gasteiger partial charge in [-0.25, -0.2) is 9.37 Å². The monoisotopic (exact) mass is 386 g/mol. The van der Waals surface area contributed by atoms with Gasteiger partial charge in [-0.3, -0.25) is 4.99 Å². The second-order valence-corrected chi connectivity index (χ2v) is 6.90. The number of nitrogens with zero attached hydrogens (tertiary/aromatic N) is 3. The van der Waals surface area contributed by atoms with Crippen molar-refractivity contribution in [2.45, 2.75) is 19.4 Å². The van der Waals surface area contributed by atoms with Crippen LogP contribution in [0.25, 0.3) is 0 Å². The fourth-order valence-electron chi connectivity index (χ4n) is 2.63. The molecular formula is C21H27FN4O2. The van der Waals surface area contributed by atoms with E-state index in [0.717, 1.165) is 30.6 Å². The predicted molar refractivity (Wildman–Crippen MR) is 107 cm³/mol. The van der Waals surface area contributed by atoms with Crippen LogP contribution in [-0.2, 0) is 11.3 Å². The fourth-order valence-corrected chi connectivity index (χ4v) is 2.63. The van der Waals surface area contributed by atoms with Gasteiger partial charge in [0.05, 0.1) is 6.61 Å². The molecule has 28 heavy (non-hydrogen) atoms. The maximum atomic E-state index is 13.2. The van der Waals surface area contributed by atoms with E-state index in [4.69, 9.17) is 9.47 Å². The summed E-state index contributed by atoms with van der Waals surface area (Å²) in [5, 5.41) is 3.31. The minimum atomic E-state index is -0.341. The number of aromatic nitrogens is 1. The molecule has 0 atom stereocenters. The summed E-state index contributed by atoms with van der Waals surface area (Å²) in [4.78, 5) is 10.6. The summed E-state index contributed by atoms with van der Waals surface area (Å²) < 4.78 is 24.5. The second kappa shape index (κ2) is 10.0. The highest BCUT2D eigenvalue weighted by Crippen LogP contribution is 2.28. The number of hydrogen-bond acceptors (Lipinski definition) is 4. The number of guanidine groups is 1. The van der Waals surface area contributed by atoms with Crippen LogP contribution >= 0.6 is 0 Å². The highest BCUT2D eigenvalue weighted by molar-refractivity contribution is 5.79. The minimum absolute atomic E-state index is 0.341. The third-order valence-electron chi connectivity index (χ3n) is 4.46. The maximum absolute atomic E-state index is 13.2. The first-order chi connectivity index (χ1) is 13.6. The molecule has 6 nitrogen and oxygen atoms in total. The molecular weight excluding hydrogens is 359 g/mol. The van der Waals surface area contributed by atoms with Crippen LogP contribution in [0.4, 0.5) is 4.39 Å². The van der Waals surface area contributed by atoms with E-state index in [9.17, 15) is 4.39 Å². The van der Waals surface area contributed by atoms with Gasteiger partial charge in [0.1, 0.15) is 11.6 Å². The molecule has 0 amide bonds. The van der Waals surface area contributed by atoms with Crippen molar-refractivity contribution in [1.29, 1.82) is 0 Å². The molecule has 1 aromatic heterocycles. The zero-order valence-electron chi connectivity index (χ0n) is 16.4. The second-order valence-electron chi connectivity index (χ2n) is 6.90. The Kier molecular flexibility index (Phi) is 7.19. The van der Waals surface area contributed by atoms with Gasteiger partial charge < -0.3 is 19.7 Å². The summed E-state index contributed by atoms with van der Waals surface area (Å²) in [6.07, 6.45) is 4.34. The van der Waals surface area contributed by atoms with Crippen LogP contribution in [0.1, 0.15) is 18.4 Å². The van der Waals surface area contributed by atoms with Crippen molar-refractivity contribution >= 4 is 5.96 Å². The molecule has 1 aliphatic carbocycles. The van der Waals surface area contributed by atoms with E-state index in [-0.39, 0.29) is 5.82 Å². The van der Waals surface area contributed by atoms with Gasteiger partial charge in [-0.05, 0) is 36.5 Å². The van der Waals surface area contributed by atoms with Crippen LogP contribution in [0.3, 0.4) is 0 Å². The zero-order valence-corrected chi connectivity index (χ0v) is 16.4. The van der Waals surface area contributed by atoms with Crippen molar-refractivity contribution in [3.05, 3.63) is 54.0 Å². The Hall–Kier alpha value is -2.67. The molecule has 0 unspecified atom stereocenters. The largest absolute Gasteiger partial charge is 0.439 e. The van der Waals surface area contributed by atoms with Gasteiger partial charge in [0, 0.05) is 52.1 Å². The van der Waals surface area contributed by atoms with Crippen LogP contribution in [0.2, 0.25) is 0 Å². The van der Waals surface area contributed by atoms with Gasteiger partial charge >= 0.3 is 0 Å². The average Bonchev–Trinajstić information content (AvgIpc) is 3.51. The Morgan fingerprint density at radius 3 is 2.86 bits per heavy atom. The minimum Gasteiger partial charge on any atom is -0.439 e. The summed E-state index contributed by atoms with van der Waals surface area (Å²) in [5.41, 5.74) is 0.992. The third kappa shape index (κ3) is 6.49. The molecule has 0 spiro atoms. The van der Waals surface area contributed by atoms with Crippen LogP contribution in [0, 0.1) is 11.7 Å². The van der Waals surface area contributed by atoms with E-state index in [1.54, 1.807) is 31.4 Å². The Balaban J connectivity index is 1.43. The van der Waals surface area contributed by atoms with Crippen LogP contribution in [0.5, 0.6) is 11.6 Å². The maximum Gasteiger partial charge on any atom is 0.219 e. The number of ether oxygens (including phenoxy) is 2. The van der Waals surface area contributed by atoms with Gasteiger partial charge in [0.2, 0.25) is 5.88 Å². The van der Waals surface area contributed by atoms with Gasteiger partial charge in [-0.2, -0.15) is 0 Å². The molecule has 3 rings (SSSR count). The molecule has 1 N–H and O–H groups in total. The number of pyridine rings is 1. The number of likely N-dealkylation sites (N-methyl/N-ethyl adjacent to an activating group) is 1. The van der Waals surface area contributed by atoms with Crippen molar-refractivity contribution in [3.8, 4) is 11.6 Å². The lowest BCUT2D eigenvalue weighted by Gasteiger charge is -2.22. The van der Waals surface area contributed by atoms with E-state index in [0.29, 0.717) is 24.8 Å². The first-order valence-electron chi connectivity index (χ1n) is 9.52. The molecule has 1 fully saturated rings. The molecule has 0 aliphatic heterocycles. The smallest absolute Gasteiger partial charge is 0.219 e. The van der Waals surface area contributed by atoms with E-state index in [2.05, 4.69) is 15.3 Å². The van der Waals surface area contributed by atoms with E-state index < -0.39 is 0 Å². The Labute approximate surface area is 165 Å². The number of benzene rings is 1. The Bertz CT molecular complexity index is 778. The molecule has 2 aromatic rings. The third-order valence-corrected chi connectivity index (χ3v) is 4.46. The molecule has 1 aromatic carbocycles. The average molecular weight is 386 g/mol. The SMILES string of the molecule is CN=C(NCc1ccc(Oc2cccc(F)c2)nc1)N(C)CCOCC1CC1. The summed E-state index contributed by atoms with van der Waals surface area (Å²) >= 11 is 0. The molecule has 0 radical (unpaired) electrons. The Morgan fingerprint density at radius 2 is 2.18 bits per heavy atom. The molecule has 1 saturated carbocycles. The predicted octanol–water partition coefficient (Wildman–Crippen LogP) is 3.45. The molecule has 1 aliphatic rings. The molecule has 0 saturated heterocycles. The number of aliphatic imine (C=N–C) groups is 1. The number of nitrogens with one attached hydrogen (secondary N) is 1. The van der Waals surface area contributed by atoms with Crippen molar-refractivity contribution in [1.82, 2.24) is 15.2 Å². The topological polar surface area (TPSA) is 59.0 Å². The molecule has 0 bridgehead atoms. The van der Waals surface area contributed by atoms with Crippen molar-refractivity contribution in [3.63, 3.8) is 0 Å². The molecule has 1 heterocycles. The van der Waals surface area contributed by atoms with Crippen molar-refractivity contribution < 1.29 is 13.9 Å². The summed E-state index contributed by atoms with van der Waals surface area (Å²) in [6.45, 7) is 2.94. The first kappa shape index (κ1) is 20.1. The molecule has 150 valence electrons. The van der Waals surface area contributed by atoms with Crippen LogP contribution in [0.15, 0.2) is 47.6 Å². The molecule has 7 heteroatoms. The standard InChI is InChI=1S/C21H27FN4O2/c1-23-21(26(2)10-11-27-15-16-6-7-16)25-14-17-8-9-20(24-13-17)28-19-5-3-4-18(22)12-19/h3-5,8-9,12-13,16H,6-7,10-11,14-15H2,1-2H3,(H,23,25). The quantitative estimate of drug-likeness (QED) is 0.406. The number of halogens is 1. The highest BCUT2D eigenvalue weighted by atomic mass is 19.1. The Morgan fingerprint density at radius 1 is 1.32 bits per heavy atom. The van der Waals surface area contributed by atoms with Gasteiger partial charge in [0.25, 0.3) is 0 Å². The van der Waals surface area contributed by atoms with Gasteiger partial charge in [0.15, 0.2) is 5.96 Å². The number of hydrogen-bond donors (Lipinski definition) is 1. The van der Waals surface area contributed by atoms with E-state index in [1.165, 1.54) is 25.0 Å². The van der Waals surface area contributed by atoms with Crippen molar-refractivity contribution in [2.24, 2.45) is 10.9 Å². The van der Waals surface area contributed by atoms with Gasteiger partial charge in [-0.1, -0.05) is 12.1 Å². The van der Waals surface area contributed by atoms with Crippen molar-refractivity contribution in [2.75, 3.05) is 33.9 Å². The number of rotatable bonds is 9. The summed E-state index contributed by atoms with van der Waals surface area (Å²) in [7, 11) is 3.75. The fraction of sp³-hybridized carbons (Fsp3) is 0.429. The lowest BCUT2D eigenvalue weighted by molar-refractivity contribution is 0.115. The van der Waals surface area contributed by atoms with Crippen LogP contribution < -0.4 is 10.1 Å². The van der Waals surface area contributed by atoms with Gasteiger partial charge in [-0.15, -0.1) is 0 Å². The first-order valence-corrected chi connectivity index (χ1v) is 9.52. The lowest BCUT2D eigenvalue weighted by Crippen LogP contribution is -2.40. The lowest BCUT2D eigenvalue weighted by atomic mass is 10.3. The van der Waals surface area contributed by atoms with E-state index >= 15 is 0 Å². The normalized spacial score (nSPS) is 14.0. The summed E-state index contributed by atoms with van der Waals surface area (Å²) in [5.74, 6) is 2.08. The summed E-state index contributed by atoms with van der Waals surface area (Å²) in [6, 6.07) is 9.67. The highest BCUT2D eigenvalue weighted by Gasteiger charge is 2.21. The van der Waals surface area contributed by atoms with E-state index in [1.807, 2.05) is 18.0 Å². The zero-order chi connectivity index (χ0) is 19.8.